The van der Waals surface area contributed by atoms with Gasteiger partial charge >= 0.3 is 0 Å². The maximum Gasteiger partial charge on any atom is 0.0637 e. The number of rotatable bonds is 10. The van der Waals surface area contributed by atoms with Crippen molar-refractivity contribution in [2.75, 3.05) is 44.9 Å². The fourth-order valence-electron chi connectivity index (χ4n) is 2.15. The van der Waals surface area contributed by atoms with Gasteiger partial charge in [-0.15, -0.1) is 0 Å². The molecule has 120 valence electrons. The summed E-state index contributed by atoms with van der Waals surface area (Å²) in [7, 11) is 1.68. The third-order valence-electron chi connectivity index (χ3n) is 3.19. The van der Waals surface area contributed by atoms with E-state index in [1.807, 2.05) is 18.2 Å². The fraction of sp³-hybridized carbons (Fsp3) is 0.625. The molecule has 0 fully saturated rings. The number of anilines is 1. The van der Waals surface area contributed by atoms with Crippen molar-refractivity contribution in [1.29, 1.82) is 0 Å². The molecule has 0 aliphatic heterocycles. The average molecular weight is 315 g/mol. The summed E-state index contributed by atoms with van der Waals surface area (Å²) in [6.07, 6.45) is 0. The van der Waals surface area contributed by atoms with E-state index < -0.39 is 0 Å². The lowest BCUT2D eigenvalue weighted by Crippen LogP contribution is -2.31. The van der Waals surface area contributed by atoms with Gasteiger partial charge in [-0.2, -0.15) is 0 Å². The molecule has 21 heavy (non-hydrogen) atoms. The zero-order valence-corrected chi connectivity index (χ0v) is 14.0. The lowest BCUT2D eigenvalue weighted by atomic mass is 10.1. The van der Waals surface area contributed by atoms with Gasteiger partial charge in [-0.05, 0) is 30.2 Å². The van der Waals surface area contributed by atoms with Crippen LogP contribution in [-0.4, -0.2) is 45.1 Å². The van der Waals surface area contributed by atoms with Crippen LogP contribution in [0.4, 0.5) is 5.69 Å². The third-order valence-corrected chi connectivity index (χ3v) is 3.43. The maximum absolute atomic E-state index is 9.28. The number of hydrogen-bond donors (Lipinski definition) is 2. The molecule has 4 nitrogen and oxygen atoms in total. The molecular weight excluding hydrogens is 288 g/mol. The first-order valence-corrected chi connectivity index (χ1v) is 7.80. The Balaban J connectivity index is 2.86. The van der Waals surface area contributed by atoms with Crippen LogP contribution in [0.1, 0.15) is 19.4 Å². The van der Waals surface area contributed by atoms with Gasteiger partial charge in [0.25, 0.3) is 0 Å². The van der Waals surface area contributed by atoms with E-state index in [0.717, 1.165) is 25.3 Å². The lowest BCUT2D eigenvalue weighted by Gasteiger charge is -2.26. The minimum atomic E-state index is 0.106. The number of halogens is 1. The minimum Gasteiger partial charge on any atom is -0.395 e. The van der Waals surface area contributed by atoms with Gasteiger partial charge < -0.3 is 20.1 Å². The quantitative estimate of drug-likeness (QED) is 0.696. The summed E-state index contributed by atoms with van der Waals surface area (Å²) >= 11 is 6.14. The first-order valence-electron chi connectivity index (χ1n) is 7.42. The van der Waals surface area contributed by atoms with Crippen molar-refractivity contribution in [2.45, 2.75) is 20.4 Å². The first-order chi connectivity index (χ1) is 10.1. The Kier molecular flexibility index (Phi) is 8.69. The third kappa shape index (κ3) is 6.66. The molecule has 1 aromatic rings. The van der Waals surface area contributed by atoms with Crippen molar-refractivity contribution in [3.8, 4) is 0 Å². The van der Waals surface area contributed by atoms with E-state index in [0.29, 0.717) is 24.1 Å². The molecule has 0 aromatic heterocycles. The van der Waals surface area contributed by atoms with Crippen LogP contribution in [0.5, 0.6) is 0 Å². The average Bonchev–Trinajstić information content (AvgIpc) is 2.44. The molecule has 0 atom stereocenters. The summed E-state index contributed by atoms with van der Waals surface area (Å²) in [4.78, 5) is 2.11. The summed E-state index contributed by atoms with van der Waals surface area (Å²) in [6, 6.07) is 5.91. The zero-order valence-electron chi connectivity index (χ0n) is 13.2. The molecule has 1 rings (SSSR count). The van der Waals surface area contributed by atoms with Gasteiger partial charge in [0.1, 0.15) is 0 Å². The van der Waals surface area contributed by atoms with Crippen molar-refractivity contribution >= 4 is 17.3 Å². The second-order valence-corrected chi connectivity index (χ2v) is 5.94. The molecule has 1 aromatic carbocycles. The number of aliphatic hydroxyl groups is 1. The minimum absolute atomic E-state index is 0.106. The van der Waals surface area contributed by atoms with E-state index in [2.05, 4.69) is 24.1 Å². The van der Waals surface area contributed by atoms with Gasteiger partial charge in [0.2, 0.25) is 0 Å². The molecule has 0 spiro atoms. The van der Waals surface area contributed by atoms with Gasteiger partial charge in [-0.25, -0.2) is 0 Å². The Hall–Kier alpha value is -0.810. The highest BCUT2D eigenvalue weighted by Crippen LogP contribution is 2.25. The molecule has 0 heterocycles. The van der Waals surface area contributed by atoms with E-state index in [1.54, 1.807) is 7.11 Å². The molecule has 0 aliphatic rings. The molecule has 0 saturated heterocycles. The number of nitrogens with one attached hydrogen (secondary N) is 1. The van der Waals surface area contributed by atoms with E-state index in [4.69, 9.17) is 16.3 Å². The van der Waals surface area contributed by atoms with Crippen LogP contribution < -0.4 is 10.2 Å². The Bertz CT molecular complexity index is 413. The standard InChI is InChI=1S/C16H27ClN2O2/c1-13(2)11-18-12-14-4-5-15(17)10-16(14)19(6-8-20)7-9-21-3/h4-5,10,13,18,20H,6-9,11-12H2,1-3H3. The Labute approximate surface area is 133 Å². The monoisotopic (exact) mass is 314 g/mol. The van der Waals surface area contributed by atoms with Gasteiger partial charge in [0, 0.05) is 37.5 Å². The number of hydrogen-bond acceptors (Lipinski definition) is 4. The number of nitrogens with zero attached hydrogens (tertiary/aromatic N) is 1. The second-order valence-electron chi connectivity index (χ2n) is 5.50. The van der Waals surface area contributed by atoms with Crippen molar-refractivity contribution in [3.63, 3.8) is 0 Å². The Morgan fingerprint density at radius 1 is 1.33 bits per heavy atom. The van der Waals surface area contributed by atoms with Crippen LogP contribution in [0.25, 0.3) is 0 Å². The number of methoxy groups -OCH3 is 1. The molecule has 0 amide bonds. The van der Waals surface area contributed by atoms with Gasteiger partial charge in [-0.3, -0.25) is 0 Å². The van der Waals surface area contributed by atoms with Crippen molar-refractivity contribution in [2.24, 2.45) is 5.92 Å². The maximum atomic E-state index is 9.28. The Morgan fingerprint density at radius 3 is 2.71 bits per heavy atom. The summed E-state index contributed by atoms with van der Waals surface area (Å²) < 4.78 is 5.15. The summed E-state index contributed by atoms with van der Waals surface area (Å²) in [6.45, 7) is 8.16. The lowest BCUT2D eigenvalue weighted by molar-refractivity contribution is 0.203. The van der Waals surface area contributed by atoms with E-state index >= 15 is 0 Å². The topological polar surface area (TPSA) is 44.7 Å². The summed E-state index contributed by atoms with van der Waals surface area (Å²) in [5.74, 6) is 0.614. The molecule has 2 N–H and O–H groups in total. The molecule has 0 bridgehead atoms. The predicted octanol–water partition coefficient (Wildman–Crippen LogP) is 2.53. The molecule has 0 aliphatic carbocycles. The number of ether oxygens (including phenoxy) is 1. The number of aliphatic hydroxyl groups excluding tert-OH is 1. The second kappa shape index (κ2) is 10.0. The summed E-state index contributed by atoms with van der Waals surface area (Å²) in [5, 5.41) is 13.4. The van der Waals surface area contributed by atoms with E-state index in [9.17, 15) is 5.11 Å². The van der Waals surface area contributed by atoms with Crippen LogP contribution in [0.15, 0.2) is 18.2 Å². The highest BCUT2D eigenvalue weighted by Gasteiger charge is 2.12. The van der Waals surface area contributed by atoms with Crippen LogP contribution in [0.3, 0.4) is 0 Å². The van der Waals surface area contributed by atoms with E-state index in [-0.39, 0.29) is 6.61 Å². The molecule has 0 saturated carbocycles. The predicted molar refractivity (Wildman–Crippen MR) is 89.2 cm³/mol. The zero-order chi connectivity index (χ0) is 15.7. The van der Waals surface area contributed by atoms with Crippen LogP contribution in [0.2, 0.25) is 5.02 Å². The fourth-order valence-corrected chi connectivity index (χ4v) is 2.32. The van der Waals surface area contributed by atoms with Gasteiger partial charge in [-0.1, -0.05) is 31.5 Å². The first kappa shape index (κ1) is 18.2. The molecule has 5 heteroatoms. The summed E-state index contributed by atoms with van der Waals surface area (Å²) in [5.41, 5.74) is 2.24. The van der Waals surface area contributed by atoms with Crippen molar-refractivity contribution in [3.05, 3.63) is 28.8 Å². The van der Waals surface area contributed by atoms with Crippen LogP contribution in [-0.2, 0) is 11.3 Å². The van der Waals surface area contributed by atoms with Crippen molar-refractivity contribution < 1.29 is 9.84 Å². The normalized spacial score (nSPS) is 11.1. The SMILES string of the molecule is COCCN(CCO)c1cc(Cl)ccc1CNCC(C)C. The largest absolute Gasteiger partial charge is 0.395 e. The highest BCUT2D eigenvalue weighted by atomic mass is 35.5. The van der Waals surface area contributed by atoms with Crippen LogP contribution in [0, 0.1) is 5.92 Å². The van der Waals surface area contributed by atoms with Crippen molar-refractivity contribution in [1.82, 2.24) is 5.32 Å². The van der Waals surface area contributed by atoms with Gasteiger partial charge in [0.05, 0.1) is 13.2 Å². The smallest absolute Gasteiger partial charge is 0.0637 e. The van der Waals surface area contributed by atoms with Crippen LogP contribution >= 0.6 is 11.6 Å². The molecular formula is C16H27ClN2O2. The number of benzene rings is 1. The highest BCUT2D eigenvalue weighted by molar-refractivity contribution is 6.30. The molecule has 0 unspecified atom stereocenters. The molecule has 0 radical (unpaired) electrons. The Morgan fingerprint density at radius 2 is 2.10 bits per heavy atom. The van der Waals surface area contributed by atoms with E-state index in [1.165, 1.54) is 5.56 Å². The van der Waals surface area contributed by atoms with Gasteiger partial charge in [0.15, 0.2) is 0 Å².